The van der Waals surface area contributed by atoms with Gasteiger partial charge in [0.1, 0.15) is 6.61 Å². The molecule has 1 heterocycles. The standard InChI is InChI=1S/C15H30N2O2S2/c1-3-5-6-13(4-2)12-21-20-10-9-19-15(18)17-14-7-8-16-11-14/h13-14,16H,3-12H2,1-2H3,(H,17,18)/t13?,14-/m0/s1. The van der Waals surface area contributed by atoms with Crippen molar-refractivity contribution < 1.29 is 9.53 Å². The summed E-state index contributed by atoms with van der Waals surface area (Å²) < 4.78 is 5.19. The van der Waals surface area contributed by atoms with Crippen LogP contribution in [0.2, 0.25) is 0 Å². The zero-order valence-electron chi connectivity index (χ0n) is 13.4. The molecule has 0 bridgehead atoms. The first-order chi connectivity index (χ1) is 10.3. The lowest BCUT2D eigenvalue weighted by molar-refractivity contribution is 0.150. The van der Waals surface area contributed by atoms with Gasteiger partial charge >= 0.3 is 6.09 Å². The second-order valence-corrected chi connectivity index (χ2v) is 8.12. The highest BCUT2D eigenvalue weighted by Crippen LogP contribution is 2.27. The van der Waals surface area contributed by atoms with Crippen molar-refractivity contribution in [2.45, 2.75) is 52.0 Å². The fourth-order valence-electron chi connectivity index (χ4n) is 2.26. The van der Waals surface area contributed by atoms with E-state index in [-0.39, 0.29) is 12.1 Å². The maximum Gasteiger partial charge on any atom is 0.407 e. The predicted molar refractivity (Wildman–Crippen MR) is 94.0 cm³/mol. The third-order valence-electron chi connectivity index (χ3n) is 3.71. The number of amides is 1. The van der Waals surface area contributed by atoms with Gasteiger partial charge in [0.15, 0.2) is 0 Å². The molecule has 0 radical (unpaired) electrons. The maximum absolute atomic E-state index is 11.5. The Bertz CT molecular complexity index is 274. The molecular formula is C15H30N2O2S2. The lowest BCUT2D eigenvalue weighted by Gasteiger charge is -2.13. The van der Waals surface area contributed by atoms with E-state index in [2.05, 4.69) is 24.5 Å². The summed E-state index contributed by atoms with van der Waals surface area (Å²) in [5.74, 6) is 2.91. The number of nitrogens with one attached hydrogen (secondary N) is 2. The fourth-order valence-corrected chi connectivity index (χ4v) is 4.64. The van der Waals surface area contributed by atoms with Crippen LogP contribution in [0.4, 0.5) is 4.79 Å². The zero-order chi connectivity index (χ0) is 15.3. The molecule has 21 heavy (non-hydrogen) atoms. The number of carbonyl (C=O) groups excluding carboxylic acids is 1. The van der Waals surface area contributed by atoms with Crippen LogP contribution in [0.25, 0.3) is 0 Å². The van der Waals surface area contributed by atoms with Gasteiger partial charge in [0.05, 0.1) is 0 Å². The van der Waals surface area contributed by atoms with Crippen LogP contribution >= 0.6 is 21.6 Å². The first-order valence-corrected chi connectivity index (χ1v) is 10.6. The molecule has 0 aromatic rings. The monoisotopic (exact) mass is 334 g/mol. The molecule has 124 valence electrons. The molecule has 2 N–H and O–H groups in total. The summed E-state index contributed by atoms with van der Waals surface area (Å²) >= 11 is 0. The summed E-state index contributed by atoms with van der Waals surface area (Å²) in [5.41, 5.74) is 0. The van der Waals surface area contributed by atoms with Crippen LogP contribution in [0.3, 0.4) is 0 Å². The minimum Gasteiger partial charge on any atom is -0.449 e. The Kier molecular flexibility index (Phi) is 11.3. The van der Waals surface area contributed by atoms with Gasteiger partial charge in [-0.2, -0.15) is 0 Å². The van der Waals surface area contributed by atoms with E-state index in [1.807, 2.05) is 21.6 Å². The number of alkyl carbamates (subject to hydrolysis) is 1. The summed E-state index contributed by atoms with van der Waals surface area (Å²) in [4.78, 5) is 11.5. The molecule has 1 saturated heterocycles. The van der Waals surface area contributed by atoms with Crippen molar-refractivity contribution in [2.75, 3.05) is 31.2 Å². The molecule has 1 fully saturated rings. The average Bonchev–Trinajstić information content (AvgIpc) is 2.98. The third-order valence-corrected chi connectivity index (χ3v) is 6.23. The second kappa shape index (κ2) is 12.5. The molecule has 0 aromatic carbocycles. The molecule has 0 aliphatic carbocycles. The van der Waals surface area contributed by atoms with Gasteiger partial charge in [-0.1, -0.05) is 54.7 Å². The number of ether oxygens (including phenoxy) is 1. The molecule has 4 nitrogen and oxygen atoms in total. The maximum atomic E-state index is 11.5. The van der Waals surface area contributed by atoms with Crippen molar-refractivity contribution in [2.24, 2.45) is 5.92 Å². The van der Waals surface area contributed by atoms with Crippen molar-refractivity contribution in [3.05, 3.63) is 0 Å². The van der Waals surface area contributed by atoms with E-state index in [0.717, 1.165) is 31.2 Å². The van der Waals surface area contributed by atoms with Gasteiger partial charge in [-0.15, -0.1) is 0 Å². The Labute approximate surface area is 137 Å². The van der Waals surface area contributed by atoms with Gasteiger partial charge < -0.3 is 15.4 Å². The van der Waals surface area contributed by atoms with Crippen LogP contribution < -0.4 is 10.6 Å². The topological polar surface area (TPSA) is 50.4 Å². The molecule has 2 atom stereocenters. The van der Waals surface area contributed by atoms with Gasteiger partial charge in [0.2, 0.25) is 0 Å². The third kappa shape index (κ3) is 9.53. The lowest BCUT2D eigenvalue weighted by Crippen LogP contribution is -2.36. The largest absolute Gasteiger partial charge is 0.449 e. The Hall–Kier alpha value is -0.0700. The van der Waals surface area contributed by atoms with Crippen molar-refractivity contribution in [1.29, 1.82) is 0 Å². The highest BCUT2D eigenvalue weighted by Gasteiger charge is 2.16. The van der Waals surface area contributed by atoms with Crippen molar-refractivity contribution >= 4 is 27.7 Å². The van der Waals surface area contributed by atoms with Crippen LogP contribution in [0.15, 0.2) is 0 Å². The van der Waals surface area contributed by atoms with Gasteiger partial charge in [-0.3, -0.25) is 0 Å². The van der Waals surface area contributed by atoms with Crippen molar-refractivity contribution in [3.63, 3.8) is 0 Å². The first kappa shape index (κ1) is 19.0. The highest BCUT2D eigenvalue weighted by molar-refractivity contribution is 8.76. The molecule has 0 saturated carbocycles. The molecule has 0 aromatic heterocycles. The summed E-state index contributed by atoms with van der Waals surface area (Å²) in [6, 6.07) is 0.239. The molecule has 0 spiro atoms. The van der Waals surface area contributed by atoms with E-state index in [1.54, 1.807) is 0 Å². The quantitative estimate of drug-likeness (QED) is 0.446. The minimum absolute atomic E-state index is 0.239. The molecule has 1 amide bonds. The van der Waals surface area contributed by atoms with E-state index in [1.165, 1.54) is 31.4 Å². The van der Waals surface area contributed by atoms with Gasteiger partial charge in [0.25, 0.3) is 0 Å². The summed E-state index contributed by atoms with van der Waals surface area (Å²) in [6.45, 7) is 6.86. The van der Waals surface area contributed by atoms with Crippen molar-refractivity contribution in [1.82, 2.24) is 10.6 Å². The number of hydrogen-bond donors (Lipinski definition) is 2. The molecular weight excluding hydrogens is 304 g/mol. The second-order valence-electron chi connectivity index (χ2n) is 5.49. The Morgan fingerprint density at radius 2 is 2.29 bits per heavy atom. The molecule has 1 rings (SSSR count). The predicted octanol–water partition coefficient (Wildman–Crippen LogP) is 3.67. The minimum atomic E-state index is -0.274. The fraction of sp³-hybridized carbons (Fsp3) is 0.933. The number of unbranched alkanes of at least 4 members (excludes halogenated alkanes) is 1. The Morgan fingerprint density at radius 1 is 1.43 bits per heavy atom. The van der Waals surface area contributed by atoms with Crippen LogP contribution in [-0.4, -0.2) is 43.3 Å². The molecule has 1 unspecified atom stereocenters. The van der Waals surface area contributed by atoms with Gasteiger partial charge in [-0.05, 0) is 25.3 Å². The van der Waals surface area contributed by atoms with E-state index in [0.29, 0.717) is 6.61 Å². The zero-order valence-corrected chi connectivity index (χ0v) is 15.0. The summed E-state index contributed by atoms with van der Waals surface area (Å²) in [6.07, 6.45) is 5.95. The van der Waals surface area contributed by atoms with Gasteiger partial charge in [0, 0.05) is 24.1 Å². The summed E-state index contributed by atoms with van der Waals surface area (Å²) in [5, 5.41) is 6.10. The number of hydrogen-bond acceptors (Lipinski definition) is 5. The average molecular weight is 335 g/mol. The highest BCUT2D eigenvalue weighted by atomic mass is 33.1. The van der Waals surface area contributed by atoms with E-state index >= 15 is 0 Å². The lowest BCUT2D eigenvalue weighted by atomic mass is 10.0. The van der Waals surface area contributed by atoms with E-state index < -0.39 is 0 Å². The van der Waals surface area contributed by atoms with Crippen LogP contribution in [-0.2, 0) is 4.74 Å². The van der Waals surface area contributed by atoms with E-state index in [4.69, 9.17) is 4.74 Å². The smallest absolute Gasteiger partial charge is 0.407 e. The van der Waals surface area contributed by atoms with Crippen molar-refractivity contribution in [3.8, 4) is 0 Å². The van der Waals surface area contributed by atoms with Crippen LogP contribution in [0, 0.1) is 5.92 Å². The molecule has 6 heteroatoms. The van der Waals surface area contributed by atoms with Crippen LogP contribution in [0.1, 0.15) is 46.0 Å². The van der Waals surface area contributed by atoms with Gasteiger partial charge in [-0.25, -0.2) is 4.79 Å². The van der Waals surface area contributed by atoms with E-state index in [9.17, 15) is 4.79 Å². The SMILES string of the molecule is CCCCC(CC)CSSCCOC(=O)N[C@H]1CCNC1. The first-order valence-electron chi connectivity index (χ1n) is 8.14. The Morgan fingerprint density at radius 3 is 2.95 bits per heavy atom. The summed E-state index contributed by atoms with van der Waals surface area (Å²) in [7, 11) is 3.73. The van der Waals surface area contributed by atoms with Crippen LogP contribution in [0.5, 0.6) is 0 Å². The molecule has 1 aliphatic rings. The molecule has 1 aliphatic heterocycles. The Balaban J connectivity index is 1.92. The number of carbonyl (C=O) groups is 1. The number of rotatable bonds is 11. The normalized spacial score (nSPS) is 19.4.